The van der Waals surface area contributed by atoms with Crippen LogP contribution in [-0.4, -0.2) is 25.8 Å². The summed E-state index contributed by atoms with van der Waals surface area (Å²) < 4.78 is 26.9. The van der Waals surface area contributed by atoms with Gasteiger partial charge in [-0.2, -0.15) is 0 Å². The Hall–Kier alpha value is -0.130. The zero-order valence-electron chi connectivity index (χ0n) is 9.04. The van der Waals surface area contributed by atoms with E-state index >= 15 is 0 Å². The van der Waals surface area contributed by atoms with Crippen LogP contribution in [0.5, 0.6) is 0 Å². The average molecular weight is 232 g/mol. The third-order valence-electron chi connectivity index (χ3n) is 3.80. The fourth-order valence-corrected chi connectivity index (χ4v) is 4.55. The second-order valence-corrected chi connectivity index (χ2v) is 6.85. The summed E-state index contributed by atoms with van der Waals surface area (Å²) in [5.41, 5.74) is 5.34. The first-order chi connectivity index (χ1) is 7.08. The Morgan fingerprint density at radius 1 is 1.20 bits per heavy atom. The van der Waals surface area contributed by atoms with Crippen LogP contribution in [0.2, 0.25) is 0 Å². The summed E-state index contributed by atoms with van der Waals surface area (Å²) in [6.45, 7) is 0.430. The minimum atomic E-state index is -3.12. The van der Waals surface area contributed by atoms with E-state index < -0.39 is 10.0 Å². The van der Waals surface area contributed by atoms with Crippen molar-refractivity contribution in [2.24, 2.45) is 5.73 Å². The number of hydrogen-bond acceptors (Lipinski definition) is 3. The molecule has 0 saturated heterocycles. The molecule has 0 aliphatic heterocycles. The van der Waals surface area contributed by atoms with Crippen LogP contribution in [0.15, 0.2) is 0 Å². The molecule has 2 aliphatic carbocycles. The van der Waals surface area contributed by atoms with Gasteiger partial charge in [0.05, 0.1) is 5.25 Å². The van der Waals surface area contributed by atoms with E-state index in [1.807, 2.05) is 0 Å². The summed E-state index contributed by atoms with van der Waals surface area (Å²) in [6.07, 6.45) is 6.60. The van der Waals surface area contributed by atoms with Crippen LogP contribution < -0.4 is 10.5 Å². The van der Waals surface area contributed by atoms with E-state index in [0.717, 1.165) is 44.9 Å². The molecule has 2 aliphatic rings. The Bertz CT molecular complexity index is 311. The van der Waals surface area contributed by atoms with Gasteiger partial charge in [-0.1, -0.05) is 12.8 Å². The molecule has 5 heteroatoms. The second-order valence-electron chi connectivity index (χ2n) is 4.89. The van der Waals surface area contributed by atoms with E-state index in [0.29, 0.717) is 6.54 Å². The van der Waals surface area contributed by atoms with Gasteiger partial charge in [-0.15, -0.1) is 0 Å². The van der Waals surface area contributed by atoms with Crippen LogP contribution in [0.25, 0.3) is 0 Å². The van der Waals surface area contributed by atoms with Gasteiger partial charge in [-0.05, 0) is 32.1 Å². The van der Waals surface area contributed by atoms with Crippen molar-refractivity contribution in [1.29, 1.82) is 0 Å². The summed E-state index contributed by atoms with van der Waals surface area (Å²) in [7, 11) is -3.12. The highest BCUT2D eigenvalue weighted by atomic mass is 32.2. The van der Waals surface area contributed by atoms with Crippen molar-refractivity contribution in [3.8, 4) is 0 Å². The average Bonchev–Trinajstić information content (AvgIpc) is 2.64. The monoisotopic (exact) mass is 232 g/mol. The molecule has 88 valence electrons. The van der Waals surface area contributed by atoms with E-state index in [4.69, 9.17) is 5.73 Å². The van der Waals surface area contributed by atoms with Crippen molar-refractivity contribution in [2.45, 2.75) is 55.7 Å². The highest BCUT2D eigenvalue weighted by Gasteiger charge is 2.41. The molecule has 4 nitrogen and oxygen atoms in total. The number of hydrogen-bond donors (Lipinski definition) is 2. The smallest absolute Gasteiger partial charge is 0.215 e. The topological polar surface area (TPSA) is 72.2 Å². The highest BCUT2D eigenvalue weighted by Crippen LogP contribution is 2.33. The van der Waals surface area contributed by atoms with Gasteiger partial charge in [-0.3, -0.25) is 0 Å². The molecule has 0 amide bonds. The van der Waals surface area contributed by atoms with E-state index in [1.165, 1.54) is 0 Å². The molecule has 0 aromatic heterocycles. The first kappa shape index (κ1) is 11.4. The Morgan fingerprint density at radius 2 is 1.80 bits per heavy atom. The van der Waals surface area contributed by atoms with Gasteiger partial charge in [-0.25, -0.2) is 13.1 Å². The van der Waals surface area contributed by atoms with Gasteiger partial charge in [0.15, 0.2) is 0 Å². The van der Waals surface area contributed by atoms with Crippen LogP contribution in [0.3, 0.4) is 0 Å². The lowest BCUT2D eigenvalue weighted by Gasteiger charge is -2.41. The third-order valence-corrected chi connectivity index (χ3v) is 5.87. The SMILES string of the molecule is NCC1(NS(=O)(=O)C2CCCC2)CCC1. The summed E-state index contributed by atoms with van der Waals surface area (Å²) in [6, 6.07) is 0. The molecule has 2 fully saturated rings. The second kappa shape index (κ2) is 4.03. The molecular formula is C10H20N2O2S. The van der Waals surface area contributed by atoms with Crippen LogP contribution in [-0.2, 0) is 10.0 Å². The number of rotatable bonds is 4. The zero-order chi connectivity index (χ0) is 10.9. The van der Waals surface area contributed by atoms with Crippen molar-refractivity contribution in [2.75, 3.05) is 6.54 Å². The lowest BCUT2D eigenvalue weighted by Crippen LogP contribution is -2.59. The predicted molar refractivity (Wildman–Crippen MR) is 59.9 cm³/mol. The van der Waals surface area contributed by atoms with E-state index in [2.05, 4.69) is 4.72 Å². The highest BCUT2D eigenvalue weighted by molar-refractivity contribution is 7.90. The molecule has 3 N–H and O–H groups in total. The standard InChI is InChI=1S/C10H20N2O2S/c11-8-10(6-3-7-10)12-15(13,14)9-4-1-2-5-9/h9,12H,1-8,11H2. The van der Waals surface area contributed by atoms with Crippen LogP contribution in [0, 0.1) is 0 Å². The van der Waals surface area contributed by atoms with Crippen LogP contribution in [0.1, 0.15) is 44.9 Å². The summed E-state index contributed by atoms with van der Waals surface area (Å²) in [4.78, 5) is 0. The van der Waals surface area contributed by atoms with Crippen molar-refractivity contribution in [3.05, 3.63) is 0 Å². The Kier molecular flexibility index (Phi) is 3.05. The fraction of sp³-hybridized carbons (Fsp3) is 1.00. The molecule has 15 heavy (non-hydrogen) atoms. The minimum Gasteiger partial charge on any atom is -0.329 e. The number of nitrogens with two attached hydrogens (primary N) is 1. The Morgan fingerprint density at radius 3 is 2.20 bits per heavy atom. The molecule has 2 rings (SSSR count). The predicted octanol–water partition coefficient (Wildman–Crippen LogP) is 0.730. The molecule has 0 atom stereocenters. The molecule has 0 heterocycles. The minimum absolute atomic E-state index is 0.165. The molecule has 0 aromatic rings. The lowest BCUT2D eigenvalue weighted by molar-refractivity contribution is 0.230. The first-order valence-corrected chi connectivity index (χ1v) is 7.35. The largest absolute Gasteiger partial charge is 0.329 e. The van der Waals surface area contributed by atoms with Gasteiger partial charge >= 0.3 is 0 Å². The molecule has 0 radical (unpaired) electrons. The summed E-state index contributed by atoms with van der Waals surface area (Å²) in [5.74, 6) is 0. The van der Waals surface area contributed by atoms with Crippen molar-refractivity contribution >= 4 is 10.0 Å². The maximum atomic E-state index is 12.0. The first-order valence-electron chi connectivity index (χ1n) is 5.81. The van der Waals surface area contributed by atoms with E-state index in [-0.39, 0.29) is 10.8 Å². The van der Waals surface area contributed by atoms with Crippen LogP contribution in [0.4, 0.5) is 0 Å². The van der Waals surface area contributed by atoms with Crippen molar-refractivity contribution < 1.29 is 8.42 Å². The van der Waals surface area contributed by atoms with Gasteiger partial charge in [0, 0.05) is 12.1 Å². The van der Waals surface area contributed by atoms with Gasteiger partial charge in [0.25, 0.3) is 0 Å². The van der Waals surface area contributed by atoms with Crippen LogP contribution >= 0.6 is 0 Å². The maximum absolute atomic E-state index is 12.0. The third kappa shape index (κ3) is 2.19. The van der Waals surface area contributed by atoms with Gasteiger partial charge in [0.1, 0.15) is 0 Å². The molecule has 0 spiro atoms. The summed E-state index contributed by atoms with van der Waals surface area (Å²) >= 11 is 0. The van der Waals surface area contributed by atoms with Gasteiger partial charge in [0.2, 0.25) is 10.0 Å². The number of nitrogens with one attached hydrogen (secondary N) is 1. The Balaban J connectivity index is 2.03. The van der Waals surface area contributed by atoms with E-state index in [1.54, 1.807) is 0 Å². The maximum Gasteiger partial charge on any atom is 0.215 e. The molecule has 0 unspecified atom stereocenters. The molecule has 0 bridgehead atoms. The van der Waals surface area contributed by atoms with Crippen molar-refractivity contribution in [3.63, 3.8) is 0 Å². The quantitative estimate of drug-likeness (QED) is 0.750. The molecule has 2 saturated carbocycles. The zero-order valence-corrected chi connectivity index (χ0v) is 9.85. The normalized spacial score (nSPS) is 26.5. The summed E-state index contributed by atoms with van der Waals surface area (Å²) in [5, 5.41) is -0.165. The number of sulfonamides is 1. The van der Waals surface area contributed by atoms with Crippen molar-refractivity contribution in [1.82, 2.24) is 4.72 Å². The molecular weight excluding hydrogens is 212 g/mol. The Labute approximate surface area is 91.7 Å². The fourth-order valence-electron chi connectivity index (χ4n) is 2.54. The molecule has 0 aromatic carbocycles. The lowest BCUT2D eigenvalue weighted by atomic mass is 9.78. The van der Waals surface area contributed by atoms with E-state index in [9.17, 15) is 8.42 Å². The van der Waals surface area contributed by atoms with Gasteiger partial charge < -0.3 is 5.73 Å².